The van der Waals surface area contributed by atoms with Gasteiger partial charge in [0.05, 0.1) is 11.1 Å². The fourth-order valence-corrected chi connectivity index (χ4v) is 3.08. The molecule has 0 fully saturated rings. The number of hydrogen-bond donors (Lipinski definition) is 1. The third-order valence-corrected chi connectivity index (χ3v) is 4.08. The van der Waals surface area contributed by atoms with Crippen LogP contribution in [0.1, 0.15) is 37.0 Å². The average molecular weight is 345 g/mol. The molecule has 1 aromatic heterocycles. The van der Waals surface area contributed by atoms with Gasteiger partial charge < -0.3 is 23.9 Å². The van der Waals surface area contributed by atoms with Gasteiger partial charge in [-0.25, -0.2) is 0 Å². The highest BCUT2D eigenvalue weighted by molar-refractivity contribution is 5.93. The predicted molar refractivity (Wildman–Crippen MR) is 95.8 cm³/mol. The number of nitrogens with one attached hydrogen (secondary N) is 1. The summed E-state index contributed by atoms with van der Waals surface area (Å²) in [6, 6.07) is 3.89. The molecule has 1 heterocycles. The number of rotatable bonds is 8. The maximum Gasteiger partial charge on any atom is 0.259 e. The summed E-state index contributed by atoms with van der Waals surface area (Å²) in [7, 11) is 1.56. The molecule has 0 amide bonds. The first-order valence-electron chi connectivity index (χ1n) is 8.43. The average Bonchev–Trinajstić information content (AvgIpc) is 3.06. The lowest BCUT2D eigenvalue weighted by Gasteiger charge is -2.18. The summed E-state index contributed by atoms with van der Waals surface area (Å²) >= 11 is 0. The van der Waals surface area contributed by atoms with Crippen LogP contribution in [-0.2, 0) is 20.6 Å². The number of benzene rings is 1. The lowest BCUT2D eigenvalue weighted by molar-refractivity contribution is -0.142. The number of hydrogen-bond acceptors (Lipinski definition) is 5. The molecular formula is C19H23NO5. The van der Waals surface area contributed by atoms with Crippen LogP contribution < -0.4 is 10.3 Å². The highest BCUT2D eigenvalue weighted by atomic mass is 16.7. The van der Waals surface area contributed by atoms with Gasteiger partial charge in [-0.3, -0.25) is 4.79 Å². The second-order valence-corrected chi connectivity index (χ2v) is 5.69. The van der Waals surface area contributed by atoms with Gasteiger partial charge in [0.2, 0.25) is 0 Å². The summed E-state index contributed by atoms with van der Waals surface area (Å²) in [6.07, 6.45) is 4.24. The molecule has 0 saturated carbocycles. The number of allylic oxidation sites excluding steroid dienone is 1. The van der Waals surface area contributed by atoms with Crippen LogP contribution in [0.2, 0.25) is 0 Å². The van der Waals surface area contributed by atoms with Crippen LogP contribution in [0.4, 0.5) is 0 Å². The molecule has 0 saturated heterocycles. The molecule has 134 valence electrons. The van der Waals surface area contributed by atoms with Gasteiger partial charge in [0.15, 0.2) is 13.1 Å². The van der Waals surface area contributed by atoms with Crippen molar-refractivity contribution in [2.24, 2.45) is 0 Å². The van der Waals surface area contributed by atoms with E-state index < -0.39 is 6.29 Å². The van der Waals surface area contributed by atoms with Crippen LogP contribution in [0.25, 0.3) is 16.8 Å². The van der Waals surface area contributed by atoms with E-state index in [1.807, 2.05) is 32.1 Å². The topological polar surface area (TPSA) is 69.8 Å². The Bertz CT molecular complexity index is 834. The van der Waals surface area contributed by atoms with Gasteiger partial charge in [0, 0.05) is 25.9 Å². The summed E-state index contributed by atoms with van der Waals surface area (Å²) in [6.45, 7) is 4.84. The highest BCUT2D eigenvalue weighted by Gasteiger charge is 2.21. The monoisotopic (exact) mass is 345 g/mol. The smallest absolute Gasteiger partial charge is 0.259 e. The van der Waals surface area contributed by atoms with Crippen molar-refractivity contribution >= 4 is 16.8 Å². The largest absolute Gasteiger partial charge is 0.466 e. The van der Waals surface area contributed by atoms with E-state index in [0.717, 1.165) is 22.9 Å². The molecule has 6 heteroatoms. The van der Waals surface area contributed by atoms with Gasteiger partial charge in [-0.1, -0.05) is 12.2 Å². The second kappa shape index (κ2) is 7.82. The van der Waals surface area contributed by atoms with Crippen molar-refractivity contribution in [2.75, 3.05) is 27.1 Å². The van der Waals surface area contributed by atoms with Crippen molar-refractivity contribution in [2.45, 2.75) is 26.6 Å². The van der Waals surface area contributed by atoms with Gasteiger partial charge in [-0.15, -0.1) is 0 Å². The zero-order valence-electron chi connectivity index (χ0n) is 14.8. The van der Waals surface area contributed by atoms with E-state index >= 15 is 0 Å². The first-order chi connectivity index (χ1) is 12.2. The summed E-state index contributed by atoms with van der Waals surface area (Å²) < 4.78 is 22.0. The first kappa shape index (κ1) is 17.7. The lowest BCUT2D eigenvalue weighted by Crippen LogP contribution is -2.18. The molecule has 1 aromatic carbocycles. The molecule has 0 aliphatic heterocycles. The van der Waals surface area contributed by atoms with Crippen LogP contribution >= 0.6 is 0 Å². The zero-order chi connectivity index (χ0) is 17.8. The molecule has 1 aliphatic rings. The predicted octanol–water partition coefficient (Wildman–Crippen LogP) is 3.15. The van der Waals surface area contributed by atoms with Gasteiger partial charge in [-0.2, -0.15) is 0 Å². The van der Waals surface area contributed by atoms with E-state index in [-0.39, 0.29) is 12.4 Å². The summed E-state index contributed by atoms with van der Waals surface area (Å²) in [5.41, 5.74) is 2.44. The second-order valence-electron chi connectivity index (χ2n) is 5.69. The van der Waals surface area contributed by atoms with E-state index in [9.17, 15) is 4.79 Å². The minimum atomic E-state index is -0.598. The Balaban J connectivity index is 2.16. The van der Waals surface area contributed by atoms with Crippen LogP contribution in [0.15, 0.2) is 23.0 Å². The number of pyridine rings is 1. The Morgan fingerprint density at radius 2 is 1.96 bits per heavy atom. The van der Waals surface area contributed by atoms with Gasteiger partial charge in [-0.05, 0) is 43.4 Å². The van der Waals surface area contributed by atoms with E-state index in [0.29, 0.717) is 30.0 Å². The van der Waals surface area contributed by atoms with Crippen molar-refractivity contribution in [3.05, 3.63) is 45.4 Å². The van der Waals surface area contributed by atoms with E-state index in [1.165, 1.54) is 0 Å². The number of ether oxygens (including phenoxy) is 4. The number of H-pyrrole nitrogens is 1. The third kappa shape index (κ3) is 3.46. The summed E-state index contributed by atoms with van der Waals surface area (Å²) in [5.74, 6) is 0.580. The first-order valence-corrected chi connectivity index (χ1v) is 8.43. The fourth-order valence-electron chi connectivity index (χ4n) is 3.08. The van der Waals surface area contributed by atoms with Gasteiger partial charge in [0.1, 0.15) is 5.75 Å². The lowest BCUT2D eigenvalue weighted by atomic mass is 10.0. The fraction of sp³-hybridized carbons (Fsp3) is 0.421. The maximum absolute atomic E-state index is 12.8. The highest BCUT2D eigenvalue weighted by Crippen LogP contribution is 2.36. The molecule has 1 N–H and O–H groups in total. The van der Waals surface area contributed by atoms with Gasteiger partial charge in [0.25, 0.3) is 5.56 Å². The van der Waals surface area contributed by atoms with E-state index in [1.54, 1.807) is 7.11 Å². The van der Waals surface area contributed by atoms with Crippen molar-refractivity contribution in [3.63, 3.8) is 0 Å². The third-order valence-electron chi connectivity index (χ3n) is 4.08. The van der Waals surface area contributed by atoms with Crippen molar-refractivity contribution in [1.29, 1.82) is 0 Å². The van der Waals surface area contributed by atoms with Crippen LogP contribution in [0.5, 0.6) is 5.75 Å². The van der Waals surface area contributed by atoms with Crippen LogP contribution in [-0.4, -0.2) is 32.1 Å². The molecule has 1 aliphatic carbocycles. The molecular weight excluding hydrogens is 322 g/mol. The normalized spacial score (nSPS) is 13.0. The Morgan fingerprint density at radius 3 is 2.64 bits per heavy atom. The Kier molecular flexibility index (Phi) is 5.53. The van der Waals surface area contributed by atoms with Crippen LogP contribution in [0.3, 0.4) is 0 Å². The molecule has 0 atom stereocenters. The van der Waals surface area contributed by atoms with Crippen LogP contribution in [0, 0.1) is 0 Å². The molecule has 0 unspecified atom stereocenters. The maximum atomic E-state index is 12.8. The van der Waals surface area contributed by atoms with Crippen molar-refractivity contribution in [1.82, 2.24) is 4.98 Å². The molecule has 2 aromatic rings. The Labute approximate surface area is 146 Å². The summed E-state index contributed by atoms with van der Waals surface area (Å²) in [4.78, 5) is 15.7. The Morgan fingerprint density at radius 1 is 1.20 bits per heavy atom. The van der Waals surface area contributed by atoms with Crippen molar-refractivity contribution in [3.8, 4) is 5.75 Å². The minimum Gasteiger partial charge on any atom is -0.466 e. The number of aromatic amines is 1. The van der Waals surface area contributed by atoms with Crippen molar-refractivity contribution < 1.29 is 18.9 Å². The van der Waals surface area contributed by atoms with Gasteiger partial charge >= 0.3 is 0 Å². The molecule has 0 spiro atoms. The SMILES string of the molecule is CCOC(OCC)c1cc2cc3c(c(OCOC)c2c(=O)[nH]1)CC=C3. The number of aromatic nitrogens is 1. The molecule has 25 heavy (non-hydrogen) atoms. The number of fused-ring (bicyclic) bond motifs is 2. The molecule has 0 radical (unpaired) electrons. The van der Waals surface area contributed by atoms with E-state index in [4.69, 9.17) is 18.9 Å². The minimum absolute atomic E-state index is 0.0905. The van der Waals surface area contributed by atoms with E-state index in [2.05, 4.69) is 11.1 Å². The molecule has 3 rings (SSSR count). The zero-order valence-corrected chi connectivity index (χ0v) is 14.8. The standard InChI is InChI=1S/C19H23NO5/c1-4-23-19(24-5-2)15-10-13-9-12-7-6-8-14(12)17(25-11-22-3)16(13)18(21)20-15/h6-7,9-10,19H,4-5,8,11H2,1-3H3,(H,20,21). The molecule has 6 nitrogen and oxygen atoms in total. The Hall–Kier alpha value is -2.15. The summed E-state index contributed by atoms with van der Waals surface area (Å²) in [5, 5.41) is 1.31. The number of methoxy groups -OCH3 is 1. The molecule has 0 bridgehead atoms. The quantitative estimate of drug-likeness (QED) is 0.744.